The minimum Gasteiger partial charge on any atom is -0.493 e. The Morgan fingerprint density at radius 2 is 1.88 bits per heavy atom. The summed E-state index contributed by atoms with van der Waals surface area (Å²) < 4.78 is 15.2. The molecule has 0 radical (unpaired) electrons. The van der Waals surface area contributed by atoms with E-state index in [0.29, 0.717) is 17.1 Å². The van der Waals surface area contributed by atoms with Gasteiger partial charge in [0.15, 0.2) is 11.5 Å². The van der Waals surface area contributed by atoms with E-state index in [9.17, 15) is 9.59 Å². The first kappa shape index (κ1) is 17.8. The van der Waals surface area contributed by atoms with E-state index in [1.165, 1.54) is 25.6 Å². The zero-order valence-corrected chi connectivity index (χ0v) is 14.5. The van der Waals surface area contributed by atoms with Crippen LogP contribution >= 0.6 is 11.3 Å². The summed E-state index contributed by atoms with van der Waals surface area (Å²) in [4.78, 5) is 24.0. The summed E-state index contributed by atoms with van der Waals surface area (Å²) in [5, 5.41) is 6.43. The Bertz CT molecular complexity index is 699. The molecule has 1 unspecified atom stereocenters. The van der Waals surface area contributed by atoms with Crippen LogP contribution in [0, 0.1) is 0 Å². The van der Waals surface area contributed by atoms with Crippen LogP contribution in [0.5, 0.6) is 11.5 Å². The third kappa shape index (κ3) is 4.26. The van der Waals surface area contributed by atoms with E-state index >= 15 is 0 Å². The number of nitrogens with one attached hydrogen (secondary N) is 1. The zero-order valence-electron chi connectivity index (χ0n) is 13.7. The first-order valence-corrected chi connectivity index (χ1v) is 8.15. The number of amides is 1. The van der Waals surface area contributed by atoms with Crippen molar-refractivity contribution in [2.24, 2.45) is 0 Å². The van der Waals surface area contributed by atoms with Gasteiger partial charge in [-0.1, -0.05) is 6.07 Å². The standard InChI is InChI=1S/C17H19NO5S/c1-21-14-5-4-11(8-15(14)22-2)13(9-16(19)23-3)18-17(20)12-6-7-24-10-12/h4-8,10,13H,9H2,1-3H3,(H,18,20). The molecule has 1 N–H and O–H groups in total. The number of ether oxygens (including phenoxy) is 3. The molecule has 2 aromatic rings. The van der Waals surface area contributed by atoms with Crippen LogP contribution < -0.4 is 14.8 Å². The molecule has 0 aliphatic rings. The van der Waals surface area contributed by atoms with Gasteiger partial charge in [0.25, 0.3) is 5.91 Å². The smallest absolute Gasteiger partial charge is 0.307 e. The van der Waals surface area contributed by atoms with Gasteiger partial charge in [0.05, 0.1) is 39.4 Å². The molecule has 0 aliphatic carbocycles. The van der Waals surface area contributed by atoms with E-state index < -0.39 is 12.0 Å². The van der Waals surface area contributed by atoms with E-state index in [1.807, 2.05) is 5.38 Å². The minimum absolute atomic E-state index is 0.0157. The number of esters is 1. The second-order valence-electron chi connectivity index (χ2n) is 4.93. The molecule has 1 atom stereocenters. The summed E-state index contributed by atoms with van der Waals surface area (Å²) in [5.41, 5.74) is 1.27. The van der Waals surface area contributed by atoms with Crippen LogP contribution in [0.25, 0.3) is 0 Å². The summed E-state index contributed by atoms with van der Waals surface area (Å²) in [6.07, 6.45) is 0.0157. The normalized spacial score (nSPS) is 11.5. The molecule has 128 valence electrons. The maximum absolute atomic E-state index is 12.3. The number of hydrogen-bond donors (Lipinski definition) is 1. The van der Waals surface area contributed by atoms with Crippen molar-refractivity contribution < 1.29 is 23.8 Å². The first-order valence-electron chi connectivity index (χ1n) is 7.20. The Hall–Kier alpha value is -2.54. The molecule has 0 fully saturated rings. The number of benzene rings is 1. The Morgan fingerprint density at radius 1 is 1.12 bits per heavy atom. The minimum atomic E-state index is -0.537. The summed E-state index contributed by atoms with van der Waals surface area (Å²) in [6, 6.07) is 6.44. The zero-order chi connectivity index (χ0) is 17.5. The Balaban J connectivity index is 2.28. The van der Waals surface area contributed by atoms with Crippen molar-refractivity contribution in [3.05, 3.63) is 46.2 Å². The molecule has 0 aliphatic heterocycles. The molecule has 24 heavy (non-hydrogen) atoms. The van der Waals surface area contributed by atoms with Crippen molar-refractivity contribution in [2.45, 2.75) is 12.5 Å². The van der Waals surface area contributed by atoms with E-state index in [0.717, 1.165) is 5.56 Å². The number of carbonyl (C=O) groups excluding carboxylic acids is 2. The van der Waals surface area contributed by atoms with Gasteiger partial charge < -0.3 is 19.5 Å². The second kappa shape index (κ2) is 8.35. The number of methoxy groups -OCH3 is 3. The molecule has 1 aromatic heterocycles. The number of hydrogen-bond acceptors (Lipinski definition) is 6. The van der Waals surface area contributed by atoms with Crippen molar-refractivity contribution in [2.75, 3.05) is 21.3 Å². The van der Waals surface area contributed by atoms with E-state index in [2.05, 4.69) is 5.32 Å². The monoisotopic (exact) mass is 349 g/mol. The van der Waals surface area contributed by atoms with Gasteiger partial charge in [-0.2, -0.15) is 11.3 Å². The lowest BCUT2D eigenvalue weighted by atomic mass is 10.0. The lowest BCUT2D eigenvalue weighted by molar-refractivity contribution is -0.141. The van der Waals surface area contributed by atoms with E-state index in [1.54, 1.807) is 36.8 Å². The highest BCUT2D eigenvalue weighted by Gasteiger charge is 2.21. The van der Waals surface area contributed by atoms with Gasteiger partial charge in [-0.3, -0.25) is 9.59 Å². The average Bonchev–Trinajstić information content (AvgIpc) is 3.15. The molecule has 0 saturated heterocycles. The molecule has 1 aromatic carbocycles. The highest BCUT2D eigenvalue weighted by atomic mass is 32.1. The summed E-state index contributed by atoms with van der Waals surface area (Å²) in [5.74, 6) is 0.428. The van der Waals surface area contributed by atoms with Crippen LogP contribution in [0.1, 0.15) is 28.4 Å². The molecule has 1 amide bonds. The topological polar surface area (TPSA) is 73.9 Å². The van der Waals surface area contributed by atoms with Crippen LogP contribution in [-0.2, 0) is 9.53 Å². The van der Waals surface area contributed by atoms with Crippen LogP contribution in [0.2, 0.25) is 0 Å². The summed E-state index contributed by atoms with van der Waals surface area (Å²) >= 11 is 1.43. The Labute approximate surface area is 144 Å². The fraction of sp³-hybridized carbons (Fsp3) is 0.294. The van der Waals surface area contributed by atoms with Crippen molar-refractivity contribution in [3.63, 3.8) is 0 Å². The molecule has 0 spiro atoms. The number of rotatable bonds is 7. The van der Waals surface area contributed by atoms with Gasteiger partial charge in [-0.25, -0.2) is 0 Å². The van der Waals surface area contributed by atoms with Crippen molar-refractivity contribution in [1.29, 1.82) is 0 Å². The fourth-order valence-corrected chi connectivity index (χ4v) is 2.84. The largest absolute Gasteiger partial charge is 0.493 e. The summed E-state index contributed by atoms with van der Waals surface area (Å²) in [6.45, 7) is 0. The SMILES string of the molecule is COC(=O)CC(NC(=O)c1ccsc1)c1ccc(OC)c(OC)c1. The second-order valence-corrected chi connectivity index (χ2v) is 5.71. The highest BCUT2D eigenvalue weighted by Crippen LogP contribution is 2.31. The van der Waals surface area contributed by atoms with Gasteiger partial charge in [0.2, 0.25) is 0 Å². The van der Waals surface area contributed by atoms with Gasteiger partial charge in [-0.05, 0) is 29.1 Å². The molecule has 7 heteroatoms. The molecule has 2 rings (SSSR count). The van der Waals surface area contributed by atoms with Crippen LogP contribution in [0.4, 0.5) is 0 Å². The predicted molar refractivity (Wildman–Crippen MR) is 90.7 cm³/mol. The first-order chi connectivity index (χ1) is 11.6. The van der Waals surface area contributed by atoms with Crippen LogP contribution in [0.3, 0.4) is 0 Å². The molecular formula is C17H19NO5S. The lowest BCUT2D eigenvalue weighted by Crippen LogP contribution is -2.30. The molecule has 6 nitrogen and oxygen atoms in total. The van der Waals surface area contributed by atoms with E-state index in [4.69, 9.17) is 14.2 Å². The highest BCUT2D eigenvalue weighted by molar-refractivity contribution is 7.08. The molecule has 1 heterocycles. The Kier molecular flexibility index (Phi) is 6.20. The van der Waals surface area contributed by atoms with Crippen LogP contribution in [0.15, 0.2) is 35.0 Å². The number of carbonyl (C=O) groups is 2. The lowest BCUT2D eigenvalue weighted by Gasteiger charge is -2.19. The maximum atomic E-state index is 12.3. The maximum Gasteiger partial charge on any atom is 0.307 e. The molecule has 0 saturated carbocycles. The predicted octanol–water partition coefficient (Wildman–Crippen LogP) is 2.80. The fourth-order valence-electron chi connectivity index (χ4n) is 2.21. The van der Waals surface area contributed by atoms with Crippen LogP contribution in [-0.4, -0.2) is 33.2 Å². The quantitative estimate of drug-likeness (QED) is 0.778. The molecular weight excluding hydrogens is 330 g/mol. The van der Waals surface area contributed by atoms with Crippen molar-refractivity contribution >= 4 is 23.2 Å². The third-order valence-electron chi connectivity index (χ3n) is 3.50. The van der Waals surface area contributed by atoms with E-state index in [-0.39, 0.29) is 12.3 Å². The van der Waals surface area contributed by atoms with Crippen molar-refractivity contribution in [1.82, 2.24) is 5.32 Å². The Morgan fingerprint density at radius 3 is 2.46 bits per heavy atom. The summed E-state index contributed by atoms with van der Waals surface area (Å²) in [7, 11) is 4.39. The van der Waals surface area contributed by atoms with Gasteiger partial charge in [0, 0.05) is 5.38 Å². The third-order valence-corrected chi connectivity index (χ3v) is 4.18. The van der Waals surface area contributed by atoms with Crippen molar-refractivity contribution in [3.8, 4) is 11.5 Å². The van der Waals surface area contributed by atoms with Gasteiger partial charge >= 0.3 is 5.97 Å². The molecule has 0 bridgehead atoms. The average molecular weight is 349 g/mol. The van der Waals surface area contributed by atoms with Gasteiger partial charge in [-0.15, -0.1) is 0 Å². The number of thiophene rings is 1. The van der Waals surface area contributed by atoms with Gasteiger partial charge in [0.1, 0.15) is 0 Å².